The molecule has 6 nitrogen and oxygen atoms in total. The lowest BCUT2D eigenvalue weighted by Crippen LogP contribution is -2.37. The second kappa shape index (κ2) is 9.55. The highest BCUT2D eigenvalue weighted by Gasteiger charge is 2.16. The van der Waals surface area contributed by atoms with Crippen molar-refractivity contribution in [3.63, 3.8) is 0 Å². The molecule has 1 saturated heterocycles. The minimum absolute atomic E-state index is 0.103. The molecule has 0 aliphatic carbocycles. The van der Waals surface area contributed by atoms with Gasteiger partial charge in [-0.25, -0.2) is 4.57 Å². The Bertz CT molecular complexity index is 1120. The van der Waals surface area contributed by atoms with E-state index in [0.29, 0.717) is 28.6 Å². The van der Waals surface area contributed by atoms with Gasteiger partial charge < -0.3 is 9.84 Å². The number of halogens is 1. The van der Waals surface area contributed by atoms with Gasteiger partial charge in [0.05, 0.1) is 24.5 Å². The first kappa shape index (κ1) is 20.8. The number of aromatic hydroxyl groups is 1. The third kappa shape index (κ3) is 4.48. The third-order valence-corrected chi connectivity index (χ3v) is 5.75. The number of aliphatic imine (C=N–C) groups is 1. The topological polar surface area (TPSA) is 67.1 Å². The molecule has 1 aliphatic heterocycles. The van der Waals surface area contributed by atoms with E-state index >= 15 is 0 Å². The van der Waals surface area contributed by atoms with Crippen LogP contribution < -0.4 is 5.56 Å². The van der Waals surface area contributed by atoms with Crippen LogP contribution in [0.1, 0.15) is 12.0 Å². The Hall–Kier alpha value is -2.48. The number of nitrogens with zero attached hydrogens (tertiary/aromatic N) is 3. The van der Waals surface area contributed by atoms with E-state index in [-0.39, 0.29) is 11.4 Å². The fourth-order valence-electron chi connectivity index (χ4n) is 3.71. The summed E-state index contributed by atoms with van der Waals surface area (Å²) in [6.45, 7) is 5.14. The van der Waals surface area contributed by atoms with Crippen LogP contribution in [0.2, 0.25) is 0 Å². The summed E-state index contributed by atoms with van der Waals surface area (Å²) in [6, 6.07) is 14.6. The number of benzene rings is 2. The van der Waals surface area contributed by atoms with E-state index in [9.17, 15) is 9.90 Å². The molecule has 1 aliphatic rings. The molecular weight excluding hydrogens is 446 g/mol. The summed E-state index contributed by atoms with van der Waals surface area (Å²) >= 11 is 3.43. The Morgan fingerprint density at radius 1 is 1.10 bits per heavy atom. The first-order valence-corrected chi connectivity index (χ1v) is 10.9. The van der Waals surface area contributed by atoms with Crippen molar-refractivity contribution < 1.29 is 9.84 Å². The highest BCUT2D eigenvalue weighted by Crippen LogP contribution is 2.26. The van der Waals surface area contributed by atoms with Gasteiger partial charge in [0.25, 0.3) is 5.56 Å². The monoisotopic (exact) mass is 469 g/mol. The largest absolute Gasteiger partial charge is 0.494 e. The number of fused-ring (bicyclic) bond motifs is 1. The second-order valence-electron chi connectivity index (χ2n) is 7.25. The van der Waals surface area contributed by atoms with Gasteiger partial charge in [-0.05, 0) is 30.7 Å². The van der Waals surface area contributed by atoms with Crippen LogP contribution in [0.5, 0.6) is 5.88 Å². The fraction of sp³-hybridized carbons (Fsp3) is 0.304. The molecule has 2 heterocycles. The van der Waals surface area contributed by atoms with Gasteiger partial charge >= 0.3 is 0 Å². The first-order chi connectivity index (χ1) is 14.6. The van der Waals surface area contributed by atoms with Crippen LogP contribution in [0, 0.1) is 0 Å². The molecule has 30 heavy (non-hydrogen) atoms. The second-order valence-corrected chi connectivity index (χ2v) is 8.16. The van der Waals surface area contributed by atoms with E-state index in [4.69, 9.17) is 4.74 Å². The normalized spacial score (nSPS) is 15.2. The van der Waals surface area contributed by atoms with Crippen molar-refractivity contribution in [1.82, 2.24) is 9.47 Å². The van der Waals surface area contributed by atoms with E-state index in [2.05, 4.69) is 25.8 Å². The minimum atomic E-state index is -0.259. The van der Waals surface area contributed by atoms with E-state index in [1.165, 1.54) is 4.57 Å². The van der Waals surface area contributed by atoms with Gasteiger partial charge in [-0.3, -0.25) is 14.7 Å². The molecule has 1 aromatic heterocycles. The maximum Gasteiger partial charge on any atom is 0.265 e. The number of pyridine rings is 1. The Balaban J connectivity index is 1.64. The summed E-state index contributed by atoms with van der Waals surface area (Å²) in [5.74, 6) is -0.103. The SMILES string of the molecule is O=c1c2ccccc2c(C=NCCCN2CCOCC2)c(O)n1-c1cccc(Br)c1. The maximum atomic E-state index is 13.1. The molecule has 156 valence electrons. The first-order valence-electron chi connectivity index (χ1n) is 10.1. The van der Waals surface area contributed by atoms with Crippen LogP contribution in [0.25, 0.3) is 16.5 Å². The lowest BCUT2D eigenvalue weighted by Gasteiger charge is -2.26. The Labute approximate surface area is 183 Å². The number of aromatic nitrogens is 1. The number of morpholine rings is 1. The Morgan fingerprint density at radius 3 is 2.63 bits per heavy atom. The van der Waals surface area contributed by atoms with Gasteiger partial charge in [0.1, 0.15) is 0 Å². The van der Waals surface area contributed by atoms with Crippen LogP contribution in [-0.4, -0.2) is 60.2 Å². The van der Waals surface area contributed by atoms with E-state index < -0.39 is 0 Å². The van der Waals surface area contributed by atoms with Crippen molar-refractivity contribution >= 4 is 32.9 Å². The highest BCUT2D eigenvalue weighted by atomic mass is 79.9. The van der Waals surface area contributed by atoms with E-state index in [1.807, 2.05) is 30.3 Å². The Kier molecular flexibility index (Phi) is 6.62. The predicted octanol–water partition coefficient (Wildman–Crippen LogP) is 3.60. The van der Waals surface area contributed by atoms with Crippen LogP contribution in [0.4, 0.5) is 0 Å². The summed E-state index contributed by atoms with van der Waals surface area (Å²) in [7, 11) is 0. The van der Waals surface area contributed by atoms with Crippen molar-refractivity contribution in [2.75, 3.05) is 39.4 Å². The van der Waals surface area contributed by atoms with Crippen molar-refractivity contribution in [1.29, 1.82) is 0 Å². The zero-order valence-electron chi connectivity index (χ0n) is 16.6. The molecular formula is C23H24BrN3O3. The van der Waals surface area contributed by atoms with E-state index in [0.717, 1.165) is 43.7 Å². The average molecular weight is 470 g/mol. The number of hydrogen-bond acceptors (Lipinski definition) is 5. The molecule has 3 aromatic rings. The molecule has 0 saturated carbocycles. The van der Waals surface area contributed by atoms with Gasteiger partial charge in [0.15, 0.2) is 0 Å². The summed E-state index contributed by atoms with van der Waals surface area (Å²) in [6.07, 6.45) is 2.62. The van der Waals surface area contributed by atoms with Gasteiger partial charge in [-0.2, -0.15) is 0 Å². The highest BCUT2D eigenvalue weighted by molar-refractivity contribution is 9.10. The summed E-state index contributed by atoms with van der Waals surface area (Å²) in [4.78, 5) is 20.0. The lowest BCUT2D eigenvalue weighted by atomic mass is 10.1. The quantitative estimate of drug-likeness (QED) is 0.442. The van der Waals surface area contributed by atoms with Gasteiger partial charge in [-0.15, -0.1) is 0 Å². The summed E-state index contributed by atoms with van der Waals surface area (Å²) < 4.78 is 7.54. The zero-order chi connectivity index (χ0) is 20.9. The molecule has 0 atom stereocenters. The number of rotatable bonds is 6. The van der Waals surface area contributed by atoms with Crippen molar-refractivity contribution in [3.8, 4) is 11.6 Å². The molecule has 0 unspecified atom stereocenters. The molecule has 0 spiro atoms. The molecule has 2 aromatic carbocycles. The van der Waals surface area contributed by atoms with Crippen molar-refractivity contribution in [2.24, 2.45) is 4.99 Å². The molecule has 7 heteroatoms. The molecule has 4 rings (SSSR count). The molecule has 1 N–H and O–H groups in total. The van der Waals surface area contributed by atoms with E-state index in [1.54, 1.807) is 24.4 Å². The molecule has 0 bridgehead atoms. The van der Waals surface area contributed by atoms with Crippen LogP contribution in [-0.2, 0) is 4.74 Å². The summed E-state index contributed by atoms with van der Waals surface area (Å²) in [5.41, 5.74) is 0.891. The average Bonchev–Trinajstić information content (AvgIpc) is 2.76. The van der Waals surface area contributed by atoms with Crippen LogP contribution in [0.15, 0.2) is 62.8 Å². The number of ether oxygens (including phenoxy) is 1. The van der Waals surface area contributed by atoms with Crippen LogP contribution in [0.3, 0.4) is 0 Å². The molecule has 1 fully saturated rings. The maximum absolute atomic E-state index is 13.1. The third-order valence-electron chi connectivity index (χ3n) is 5.26. The zero-order valence-corrected chi connectivity index (χ0v) is 18.2. The van der Waals surface area contributed by atoms with Gasteiger partial charge in [0, 0.05) is 47.6 Å². The van der Waals surface area contributed by atoms with Crippen molar-refractivity contribution in [3.05, 3.63) is 68.9 Å². The van der Waals surface area contributed by atoms with Crippen molar-refractivity contribution in [2.45, 2.75) is 6.42 Å². The minimum Gasteiger partial charge on any atom is -0.494 e. The van der Waals surface area contributed by atoms with Gasteiger partial charge in [0.2, 0.25) is 5.88 Å². The van der Waals surface area contributed by atoms with Gasteiger partial charge in [-0.1, -0.05) is 40.2 Å². The standard InChI is InChI=1S/C23H24BrN3O3/c24-17-5-3-6-18(15-17)27-22(28)20-8-2-1-7-19(20)21(23(27)29)16-25-9-4-10-26-11-13-30-14-12-26/h1-3,5-8,15-16,29H,4,9-14H2. The Morgan fingerprint density at radius 2 is 1.87 bits per heavy atom. The molecule has 0 radical (unpaired) electrons. The van der Waals surface area contributed by atoms with Crippen LogP contribution >= 0.6 is 15.9 Å². The fourth-order valence-corrected chi connectivity index (χ4v) is 4.10. The molecule has 0 amide bonds. The number of hydrogen-bond donors (Lipinski definition) is 1. The smallest absolute Gasteiger partial charge is 0.265 e. The predicted molar refractivity (Wildman–Crippen MR) is 123 cm³/mol. The lowest BCUT2D eigenvalue weighted by molar-refractivity contribution is 0.0377. The summed E-state index contributed by atoms with van der Waals surface area (Å²) in [5, 5.41) is 12.3.